The van der Waals surface area contributed by atoms with Gasteiger partial charge in [0, 0.05) is 8.95 Å². The molecule has 0 radical (unpaired) electrons. The average Bonchev–Trinajstić information content (AvgIpc) is 2.25. The lowest BCUT2D eigenvalue weighted by atomic mass is 10.1. The summed E-state index contributed by atoms with van der Waals surface area (Å²) in [6.07, 6.45) is 0. The number of hydrogen-bond donors (Lipinski definition) is 0. The number of carbonyl (C=O) groups excluding carboxylic acids is 2. The number of ether oxygens (including phenoxy) is 2. The summed E-state index contributed by atoms with van der Waals surface area (Å²) in [6, 6.07) is 3.07. The highest BCUT2D eigenvalue weighted by Crippen LogP contribution is 2.27. The van der Waals surface area contributed by atoms with Gasteiger partial charge >= 0.3 is 11.9 Å². The Labute approximate surface area is 108 Å². The molecule has 16 heavy (non-hydrogen) atoms. The van der Waals surface area contributed by atoms with Crippen LogP contribution in [0.25, 0.3) is 0 Å². The molecule has 0 atom stereocenters. The number of carbonyl (C=O) groups is 2. The van der Waals surface area contributed by atoms with Crippen molar-refractivity contribution in [2.24, 2.45) is 0 Å². The number of esters is 2. The van der Waals surface area contributed by atoms with Crippen LogP contribution in [0, 0.1) is 0 Å². The molecule has 0 aromatic heterocycles. The van der Waals surface area contributed by atoms with Crippen molar-refractivity contribution in [3.05, 3.63) is 32.2 Å². The molecule has 0 unspecified atom stereocenters. The van der Waals surface area contributed by atoms with Gasteiger partial charge in [0.2, 0.25) is 0 Å². The fraction of sp³-hybridized carbons (Fsp3) is 0.200. The van der Waals surface area contributed by atoms with Crippen molar-refractivity contribution < 1.29 is 19.1 Å². The van der Waals surface area contributed by atoms with Crippen LogP contribution in [0.1, 0.15) is 20.7 Å². The third-order valence-corrected chi connectivity index (χ3v) is 3.36. The summed E-state index contributed by atoms with van der Waals surface area (Å²) >= 11 is 6.43. The Kier molecular flexibility index (Phi) is 3.30. The molecule has 0 aliphatic carbocycles. The predicted octanol–water partition coefficient (Wildman–Crippen LogP) is 2.54. The van der Waals surface area contributed by atoms with E-state index in [2.05, 4.69) is 31.9 Å². The van der Waals surface area contributed by atoms with Crippen LogP contribution in [-0.2, 0) is 9.47 Å². The predicted molar refractivity (Wildman–Crippen MR) is 62.4 cm³/mol. The molecule has 4 nitrogen and oxygen atoms in total. The standard InChI is InChI=1S/C10H6Br2O4/c11-7-4-6-8(12)3-5(7)9(13)15-1-2-16-10(6)14/h3-4H,1-2H2. The first-order chi connectivity index (χ1) is 7.59. The number of hydrogen-bond acceptors (Lipinski definition) is 4. The van der Waals surface area contributed by atoms with E-state index in [-0.39, 0.29) is 13.2 Å². The van der Waals surface area contributed by atoms with Gasteiger partial charge in [-0.05, 0) is 44.0 Å². The molecular formula is C10H6Br2O4. The fourth-order valence-electron chi connectivity index (χ4n) is 1.28. The molecule has 0 spiro atoms. The molecule has 1 aromatic carbocycles. The van der Waals surface area contributed by atoms with Crippen molar-refractivity contribution in [2.45, 2.75) is 0 Å². The van der Waals surface area contributed by atoms with Gasteiger partial charge in [0.25, 0.3) is 0 Å². The van der Waals surface area contributed by atoms with E-state index in [9.17, 15) is 9.59 Å². The lowest BCUT2D eigenvalue weighted by molar-refractivity contribution is 0.0258. The number of halogens is 2. The second-order valence-electron chi connectivity index (χ2n) is 3.08. The Hall–Kier alpha value is -0.880. The second kappa shape index (κ2) is 4.55. The third kappa shape index (κ3) is 2.12. The Morgan fingerprint density at radius 1 is 0.875 bits per heavy atom. The van der Waals surface area contributed by atoms with E-state index < -0.39 is 11.9 Å². The van der Waals surface area contributed by atoms with Crippen LogP contribution in [0.5, 0.6) is 0 Å². The SMILES string of the molecule is O=C1OCCOC(=O)c2cc(Br)c1cc2Br. The first-order valence-corrected chi connectivity index (χ1v) is 6.01. The molecule has 0 saturated carbocycles. The van der Waals surface area contributed by atoms with Gasteiger partial charge in [0.15, 0.2) is 0 Å². The molecule has 0 fully saturated rings. The summed E-state index contributed by atoms with van der Waals surface area (Å²) in [7, 11) is 0. The summed E-state index contributed by atoms with van der Waals surface area (Å²) in [5.41, 5.74) is 0.760. The normalized spacial score (nSPS) is 15.6. The molecule has 0 saturated heterocycles. The third-order valence-electron chi connectivity index (χ3n) is 2.05. The molecule has 2 bridgehead atoms. The summed E-state index contributed by atoms with van der Waals surface area (Å²) < 4.78 is 10.8. The van der Waals surface area contributed by atoms with Crippen molar-refractivity contribution in [3.63, 3.8) is 0 Å². The average molecular weight is 350 g/mol. The quantitative estimate of drug-likeness (QED) is 0.675. The maximum absolute atomic E-state index is 11.6. The highest BCUT2D eigenvalue weighted by molar-refractivity contribution is 9.11. The van der Waals surface area contributed by atoms with Gasteiger partial charge < -0.3 is 9.47 Å². The van der Waals surface area contributed by atoms with Gasteiger partial charge in [-0.15, -0.1) is 0 Å². The fourth-order valence-corrected chi connectivity index (χ4v) is 2.29. The maximum Gasteiger partial charge on any atom is 0.339 e. The summed E-state index contributed by atoms with van der Waals surface area (Å²) in [5.74, 6) is -0.894. The van der Waals surface area contributed by atoms with Crippen molar-refractivity contribution in [3.8, 4) is 0 Å². The molecule has 3 rings (SSSR count). The largest absolute Gasteiger partial charge is 0.458 e. The summed E-state index contributed by atoms with van der Waals surface area (Å²) in [5, 5.41) is 0. The van der Waals surface area contributed by atoms with Crippen molar-refractivity contribution in [2.75, 3.05) is 13.2 Å². The van der Waals surface area contributed by atoms with Gasteiger partial charge in [-0.3, -0.25) is 0 Å². The Balaban J connectivity index is 2.59. The minimum Gasteiger partial charge on any atom is -0.458 e. The van der Waals surface area contributed by atoms with Crippen molar-refractivity contribution >= 4 is 43.8 Å². The first kappa shape index (κ1) is 11.6. The molecule has 2 aliphatic heterocycles. The molecule has 2 aliphatic rings. The molecule has 0 amide bonds. The Morgan fingerprint density at radius 3 is 1.62 bits per heavy atom. The monoisotopic (exact) mass is 348 g/mol. The van der Waals surface area contributed by atoms with Crippen LogP contribution in [0.3, 0.4) is 0 Å². The number of benzene rings is 1. The van der Waals surface area contributed by atoms with E-state index >= 15 is 0 Å². The Morgan fingerprint density at radius 2 is 1.25 bits per heavy atom. The van der Waals surface area contributed by atoms with Crippen LogP contribution in [-0.4, -0.2) is 25.2 Å². The maximum atomic E-state index is 11.6. The van der Waals surface area contributed by atoms with E-state index in [0.717, 1.165) is 0 Å². The van der Waals surface area contributed by atoms with Gasteiger partial charge in [0.05, 0.1) is 11.1 Å². The highest BCUT2D eigenvalue weighted by atomic mass is 79.9. The molecular weight excluding hydrogens is 344 g/mol. The Bertz CT molecular complexity index is 426. The summed E-state index contributed by atoms with van der Waals surface area (Å²) in [6.45, 7) is 0.125. The van der Waals surface area contributed by atoms with Crippen molar-refractivity contribution in [1.82, 2.24) is 0 Å². The first-order valence-electron chi connectivity index (χ1n) is 4.43. The zero-order valence-corrected chi connectivity index (χ0v) is 11.1. The van der Waals surface area contributed by atoms with E-state index in [0.29, 0.717) is 20.1 Å². The summed E-state index contributed by atoms with van der Waals surface area (Å²) in [4.78, 5) is 23.2. The van der Waals surface area contributed by atoms with Crippen molar-refractivity contribution in [1.29, 1.82) is 0 Å². The topological polar surface area (TPSA) is 52.6 Å². The van der Waals surface area contributed by atoms with Crippen LogP contribution in [0.2, 0.25) is 0 Å². The van der Waals surface area contributed by atoms with Crippen LogP contribution >= 0.6 is 31.9 Å². The number of rotatable bonds is 0. The minimum atomic E-state index is -0.447. The van der Waals surface area contributed by atoms with E-state index in [1.807, 2.05) is 0 Å². The zero-order valence-electron chi connectivity index (χ0n) is 7.96. The van der Waals surface area contributed by atoms with E-state index in [4.69, 9.17) is 9.47 Å². The molecule has 84 valence electrons. The van der Waals surface area contributed by atoms with Crippen LogP contribution < -0.4 is 0 Å². The minimum absolute atomic E-state index is 0.0626. The van der Waals surface area contributed by atoms with Gasteiger partial charge in [-0.2, -0.15) is 0 Å². The molecule has 0 N–H and O–H groups in total. The van der Waals surface area contributed by atoms with Gasteiger partial charge in [0.1, 0.15) is 13.2 Å². The lowest BCUT2D eigenvalue weighted by Crippen LogP contribution is -2.17. The van der Waals surface area contributed by atoms with E-state index in [1.54, 1.807) is 0 Å². The number of fused-ring (bicyclic) bond motifs is 7. The van der Waals surface area contributed by atoms with Gasteiger partial charge in [-0.25, -0.2) is 9.59 Å². The molecule has 6 heteroatoms. The van der Waals surface area contributed by atoms with E-state index in [1.165, 1.54) is 12.1 Å². The zero-order chi connectivity index (χ0) is 11.7. The second-order valence-corrected chi connectivity index (χ2v) is 4.79. The molecule has 2 heterocycles. The van der Waals surface area contributed by atoms with Crippen LogP contribution in [0.4, 0.5) is 0 Å². The van der Waals surface area contributed by atoms with Crippen LogP contribution in [0.15, 0.2) is 21.1 Å². The molecule has 1 aromatic rings. The smallest absolute Gasteiger partial charge is 0.339 e. The van der Waals surface area contributed by atoms with Gasteiger partial charge in [-0.1, -0.05) is 0 Å². The lowest BCUT2D eigenvalue weighted by Gasteiger charge is -2.13. The highest BCUT2D eigenvalue weighted by Gasteiger charge is 2.20.